The zero-order valence-electron chi connectivity index (χ0n) is 67.3. The molecule has 28 nitrogen and oxygen atoms in total. The maximum Gasteiger partial charge on any atom is 0.488 e. The Bertz CT molecular complexity index is 7340. The SMILES string of the molecule is CCOc1ccc2c[nH]c(=O)c(Br)c2n1.CCOc1ccc2cn(-c3ccc4nn(C)cc4c3)c(=O)c(-c3ccc(C(F)(F)F)cc3)c2n1.CCOc1ccc2cn(-c3ccc4nn(C)cc4c3)c(=O)c(Br)c2n1.COc1ncc2ccc(Cl)nc2c1Br.Cn1cc2cc(B(O)O)ccc2n1.O=c1[nH]cc2ccc(Cl)nc2c1Br.OB(O)c1ccc(C(F)(F)F)cc1. The molecule has 42 heteroatoms. The molecule has 0 aliphatic heterocycles. The molecular weight excluding hydrogens is 1960 g/mol. The largest absolute Gasteiger partial charge is 0.488 e. The predicted molar refractivity (Wildman–Crippen MR) is 491 cm³/mol. The monoisotopic (exact) mass is 2030 g/mol. The molecule has 13 aromatic heterocycles. The van der Waals surface area contributed by atoms with Gasteiger partial charge in [-0.3, -0.25) is 42.4 Å². The van der Waals surface area contributed by atoms with Crippen molar-refractivity contribution in [3.63, 3.8) is 0 Å². The Labute approximate surface area is 758 Å². The molecule has 13 heterocycles. The number of aryl methyl sites for hydroxylation is 3. The number of benzene rings is 5. The highest BCUT2D eigenvalue weighted by molar-refractivity contribution is 9.11. The van der Waals surface area contributed by atoms with Crippen molar-refractivity contribution in [2.24, 2.45) is 21.1 Å². The Balaban J connectivity index is 0.000000140. The van der Waals surface area contributed by atoms with Crippen LogP contribution in [0.15, 0.2) is 250 Å². The number of ether oxygens (including phenoxy) is 4. The fourth-order valence-electron chi connectivity index (χ4n) is 12.5. The Kier molecular flexibility index (Phi) is 30.3. The van der Waals surface area contributed by atoms with Gasteiger partial charge in [-0.05, 0) is 198 Å². The van der Waals surface area contributed by atoms with Gasteiger partial charge in [0.1, 0.15) is 28.2 Å². The zero-order valence-corrected chi connectivity index (χ0v) is 75.2. The maximum atomic E-state index is 13.7. The van der Waals surface area contributed by atoms with Gasteiger partial charge >= 0.3 is 26.6 Å². The molecule has 0 spiro atoms. The Morgan fingerprint density at radius 1 is 0.417 bits per heavy atom. The number of H-pyrrole nitrogens is 2. The lowest BCUT2D eigenvalue weighted by molar-refractivity contribution is -0.138. The second-order valence-corrected chi connectivity index (χ2v) is 31.0. The summed E-state index contributed by atoms with van der Waals surface area (Å²) >= 11 is 24.6. The van der Waals surface area contributed by atoms with Crippen LogP contribution in [0.4, 0.5) is 26.3 Å². The average molecular weight is 2030 g/mol. The van der Waals surface area contributed by atoms with Gasteiger partial charge < -0.3 is 49.0 Å². The minimum absolute atomic E-state index is 0.0352. The number of hydrogen-bond acceptors (Lipinski definition) is 21. The number of halogens is 12. The molecule has 0 aliphatic carbocycles. The lowest BCUT2D eigenvalue weighted by atomic mass is 9.80. The molecule has 0 unspecified atom stereocenters. The third-order valence-electron chi connectivity index (χ3n) is 18.4. The van der Waals surface area contributed by atoms with E-state index < -0.39 is 43.3 Å². The van der Waals surface area contributed by atoms with E-state index in [0.717, 1.165) is 106 Å². The summed E-state index contributed by atoms with van der Waals surface area (Å²) in [7, 11) is 3.93. The van der Waals surface area contributed by atoms with Gasteiger partial charge in [0.15, 0.2) is 0 Å². The van der Waals surface area contributed by atoms with E-state index in [2.05, 4.69) is 119 Å². The standard InChI is InChI=1S/C25H19F3N4O2.C18H15BrN4O2.C10H9BrN2O2.C9H6BrClN2O.C8H9BN2O2.C8H4BrClN2O.C7H6BF3O2/c1-3-34-21-11-6-16-14-32(19-9-10-20-17(12-19)13-31(2)30-20)24(33)22(23(16)29-21)15-4-7-18(8-5-15)25(26,27)28;1-3-25-15-7-4-11-10-23(18(24)16(19)17(11)20-15)13-5-6-14-12(8-13)9-22(2)21-14;1-2-15-7-4-3-6-5-12-10(14)8(11)9(6)13-7;1-14-9-7(10)8-5(4-12-9)2-3-6(11)13-8;1-11-5-6-4-7(9(12)13)2-3-8(6)10-11;9-6-7-4(3-11-8(6)13)1-2-5(10)12-7;9-7(10,11)5-1-3-6(4-2-5)8(12)13/h4-14H,3H2,1-2H3;4-10H,3H2,1-2H3;3-5H,2H2,1H3,(H,12,14);2-4H,1H3;2-5,12-13H,1H3;1-3H,(H,11,13);1-4,12-13H. The van der Waals surface area contributed by atoms with Gasteiger partial charge in [-0.2, -0.15) is 41.6 Å². The van der Waals surface area contributed by atoms with E-state index in [4.69, 9.17) is 62.2 Å². The summed E-state index contributed by atoms with van der Waals surface area (Å²) in [5, 5.41) is 55.6. The van der Waals surface area contributed by atoms with E-state index in [1.807, 2.05) is 109 Å². The van der Waals surface area contributed by atoms with Crippen LogP contribution in [-0.4, -0.2) is 140 Å². The zero-order chi connectivity index (χ0) is 91.5. The van der Waals surface area contributed by atoms with E-state index >= 15 is 0 Å². The van der Waals surface area contributed by atoms with Gasteiger partial charge in [-0.25, -0.2) is 29.9 Å². The summed E-state index contributed by atoms with van der Waals surface area (Å²) < 4.78 is 107. The smallest absolute Gasteiger partial charge is 0.480 e. The Morgan fingerprint density at radius 3 is 1.24 bits per heavy atom. The van der Waals surface area contributed by atoms with Crippen molar-refractivity contribution < 1.29 is 65.4 Å². The van der Waals surface area contributed by atoms with Crippen LogP contribution in [0.5, 0.6) is 23.5 Å². The number of rotatable bonds is 12. The van der Waals surface area contributed by atoms with Crippen molar-refractivity contribution in [1.82, 2.24) is 78.3 Å². The number of aromatic nitrogens is 16. The number of nitrogens with zero attached hydrogens (tertiary/aromatic N) is 14. The van der Waals surface area contributed by atoms with E-state index in [9.17, 15) is 45.5 Å². The van der Waals surface area contributed by atoms with E-state index in [1.54, 1.807) is 123 Å². The highest BCUT2D eigenvalue weighted by atomic mass is 79.9. The van der Waals surface area contributed by atoms with Crippen LogP contribution >= 0.6 is 86.9 Å². The summed E-state index contributed by atoms with van der Waals surface area (Å²) in [4.78, 5) is 79.7. The number of nitrogens with one attached hydrogen (secondary N) is 2. The number of aromatic amines is 2. The van der Waals surface area contributed by atoms with Gasteiger partial charge in [-0.15, -0.1) is 0 Å². The first kappa shape index (κ1) is 93.9. The first-order valence-corrected chi connectivity index (χ1v) is 41.6. The fourth-order valence-corrected chi connectivity index (χ4v) is 14.7. The molecule has 0 saturated carbocycles. The highest BCUT2D eigenvalue weighted by Crippen LogP contribution is 2.36. The van der Waals surface area contributed by atoms with Crippen molar-refractivity contribution in [3.05, 3.63) is 294 Å². The molecule has 0 radical (unpaired) electrons. The van der Waals surface area contributed by atoms with Crippen LogP contribution in [-0.2, 0) is 33.5 Å². The normalized spacial score (nSPS) is 11.2. The third-order valence-corrected chi connectivity index (χ3v) is 21.7. The molecule has 6 N–H and O–H groups in total. The van der Waals surface area contributed by atoms with Crippen LogP contribution in [0.2, 0.25) is 10.3 Å². The Hall–Kier alpha value is -12.2. The molecule has 0 bridgehead atoms. The second-order valence-electron chi connectivity index (χ2n) is 27.1. The summed E-state index contributed by atoms with van der Waals surface area (Å²) in [6, 6.07) is 42.3. The molecular formula is C85H68B2Br4Cl2F6N16O12. The van der Waals surface area contributed by atoms with Crippen molar-refractivity contribution in [2.45, 2.75) is 33.1 Å². The van der Waals surface area contributed by atoms with Crippen molar-refractivity contribution in [2.75, 3.05) is 26.9 Å². The maximum absolute atomic E-state index is 13.7. The Morgan fingerprint density at radius 2 is 0.795 bits per heavy atom. The van der Waals surface area contributed by atoms with Gasteiger partial charge in [0.05, 0.1) is 87.8 Å². The van der Waals surface area contributed by atoms with E-state index in [-0.39, 0.29) is 27.7 Å². The molecule has 650 valence electrons. The molecule has 0 fully saturated rings. The predicted octanol–water partition coefficient (Wildman–Crippen LogP) is 15.9. The number of pyridine rings is 10. The average Bonchev–Trinajstić information content (AvgIpc) is 1.35. The summed E-state index contributed by atoms with van der Waals surface area (Å²) in [6.45, 7) is 7.06. The van der Waals surface area contributed by atoms with E-state index in [0.29, 0.717) is 111 Å². The van der Waals surface area contributed by atoms with Gasteiger partial charge in [0.25, 0.3) is 22.2 Å². The molecule has 18 aromatic rings. The summed E-state index contributed by atoms with van der Waals surface area (Å²) in [5.41, 5.74) is 5.29. The fraction of sp³-hybridized carbons (Fsp3) is 0.141. The van der Waals surface area contributed by atoms with Crippen LogP contribution in [0, 0.1) is 0 Å². The minimum Gasteiger partial charge on any atom is -0.480 e. The lowest BCUT2D eigenvalue weighted by Gasteiger charge is -2.14. The van der Waals surface area contributed by atoms with E-state index in [1.165, 1.54) is 16.7 Å². The third kappa shape index (κ3) is 22.8. The number of fused-ring (bicyclic) bond motifs is 8. The van der Waals surface area contributed by atoms with Crippen LogP contribution in [0.1, 0.15) is 31.9 Å². The topological polar surface area (TPSA) is 358 Å². The number of hydrogen-bond donors (Lipinski definition) is 6. The van der Waals surface area contributed by atoms with Crippen molar-refractivity contribution >= 4 is 199 Å². The summed E-state index contributed by atoms with van der Waals surface area (Å²) in [6.07, 6.45) is 5.14. The highest BCUT2D eigenvalue weighted by Gasteiger charge is 2.32. The minimum atomic E-state index is -4.48. The first-order valence-electron chi connectivity index (χ1n) is 37.7. The second kappa shape index (κ2) is 41.0. The van der Waals surface area contributed by atoms with Crippen LogP contribution < -0.4 is 52.1 Å². The molecule has 0 saturated heterocycles. The number of methoxy groups -OCH3 is 1. The van der Waals surface area contributed by atoms with Crippen molar-refractivity contribution in [3.8, 4) is 46.0 Å². The van der Waals surface area contributed by atoms with Crippen LogP contribution in [0.25, 0.3) is 110 Å². The first-order chi connectivity index (χ1) is 60.5. The van der Waals surface area contributed by atoms with Gasteiger partial charge in [-0.1, -0.05) is 71.7 Å². The number of alkyl halides is 6. The van der Waals surface area contributed by atoms with Crippen LogP contribution in [0.3, 0.4) is 0 Å². The van der Waals surface area contributed by atoms with Gasteiger partial charge in [0.2, 0.25) is 23.5 Å². The van der Waals surface area contributed by atoms with Gasteiger partial charge in [0, 0.05) is 143 Å². The quantitative estimate of drug-likeness (QED) is 0.0376. The molecule has 18 rings (SSSR count). The molecule has 5 aromatic carbocycles. The molecule has 0 atom stereocenters. The summed E-state index contributed by atoms with van der Waals surface area (Å²) in [5.74, 6) is 1.87. The lowest BCUT2D eigenvalue weighted by Crippen LogP contribution is -2.29. The van der Waals surface area contributed by atoms with Crippen molar-refractivity contribution in [1.29, 1.82) is 0 Å². The molecule has 127 heavy (non-hydrogen) atoms. The molecule has 0 aliphatic rings. The molecule has 0 amide bonds.